The number of hydrogen-bond donors (Lipinski definition) is 2. The third-order valence-corrected chi connectivity index (χ3v) is 6.48. The zero-order chi connectivity index (χ0) is 19.6. The van der Waals surface area contributed by atoms with Crippen molar-refractivity contribution in [2.75, 3.05) is 11.1 Å². The summed E-state index contributed by atoms with van der Waals surface area (Å²) < 4.78 is 0. The molecule has 2 aromatic heterocycles. The van der Waals surface area contributed by atoms with Crippen LogP contribution in [-0.2, 0) is 4.79 Å². The van der Waals surface area contributed by atoms with Gasteiger partial charge >= 0.3 is 6.03 Å². The Kier molecular flexibility index (Phi) is 5.76. The van der Waals surface area contributed by atoms with E-state index >= 15 is 0 Å². The first-order valence-corrected chi connectivity index (χ1v) is 10.2. The van der Waals surface area contributed by atoms with Gasteiger partial charge in [-0.2, -0.15) is 0 Å². The highest BCUT2D eigenvalue weighted by atomic mass is 32.2. The Hall–Kier alpha value is -2.45. The summed E-state index contributed by atoms with van der Waals surface area (Å²) in [4.78, 5) is 34.9. The number of thiophene rings is 1. The molecule has 140 valence electrons. The predicted molar refractivity (Wildman–Crippen MR) is 111 cm³/mol. The largest absolute Gasteiger partial charge is 0.325 e. The number of aryl methyl sites for hydroxylation is 3. The second kappa shape index (κ2) is 8.06. The van der Waals surface area contributed by atoms with Crippen molar-refractivity contribution in [1.82, 2.24) is 15.3 Å². The van der Waals surface area contributed by atoms with Crippen molar-refractivity contribution in [3.05, 3.63) is 46.1 Å². The molecule has 2 N–H and O–H groups in total. The van der Waals surface area contributed by atoms with Gasteiger partial charge in [-0.15, -0.1) is 11.3 Å². The van der Waals surface area contributed by atoms with Gasteiger partial charge in [0.2, 0.25) is 5.91 Å². The zero-order valence-corrected chi connectivity index (χ0v) is 17.2. The van der Waals surface area contributed by atoms with Crippen LogP contribution in [-0.4, -0.2) is 27.7 Å². The Morgan fingerprint density at radius 1 is 1.11 bits per heavy atom. The number of rotatable bonds is 4. The number of aromatic nitrogens is 2. The van der Waals surface area contributed by atoms with Crippen LogP contribution in [0.4, 0.5) is 10.5 Å². The molecule has 6 nitrogen and oxygen atoms in total. The molecule has 27 heavy (non-hydrogen) atoms. The zero-order valence-electron chi connectivity index (χ0n) is 15.5. The number of anilines is 1. The molecular weight excluding hydrogens is 380 g/mol. The number of nitrogens with zero attached hydrogens (tertiary/aromatic N) is 2. The highest BCUT2D eigenvalue weighted by Crippen LogP contribution is 2.34. The fraction of sp³-hybridized carbons (Fsp3) is 0.263. The lowest BCUT2D eigenvalue weighted by atomic mass is 10.1. The van der Waals surface area contributed by atoms with Crippen LogP contribution in [0.3, 0.4) is 0 Å². The SMILES string of the molecule is Cc1cccc(NC(=O)NC(=O)CSc2ncnc3sc(C)c(C)c23)c1C. The van der Waals surface area contributed by atoms with E-state index in [9.17, 15) is 9.59 Å². The molecule has 3 aromatic rings. The van der Waals surface area contributed by atoms with Gasteiger partial charge in [0.05, 0.1) is 5.75 Å². The molecule has 0 fully saturated rings. The van der Waals surface area contributed by atoms with Crippen LogP contribution in [0.2, 0.25) is 0 Å². The smallest absolute Gasteiger partial charge is 0.307 e. The summed E-state index contributed by atoms with van der Waals surface area (Å²) in [6.07, 6.45) is 1.51. The first kappa shape index (κ1) is 19.3. The monoisotopic (exact) mass is 400 g/mol. The number of amides is 3. The number of carbonyl (C=O) groups excluding carboxylic acids is 2. The molecule has 0 aliphatic heterocycles. The molecule has 0 unspecified atom stereocenters. The number of carbonyl (C=O) groups is 2. The maximum atomic E-state index is 12.2. The van der Waals surface area contributed by atoms with Crippen molar-refractivity contribution in [3.8, 4) is 0 Å². The fourth-order valence-electron chi connectivity index (χ4n) is 2.60. The van der Waals surface area contributed by atoms with E-state index in [1.807, 2.05) is 39.8 Å². The van der Waals surface area contributed by atoms with E-state index in [4.69, 9.17) is 0 Å². The first-order chi connectivity index (χ1) is 12.9. The summed E-state index contributed by atoms with van der Waals surface area (Å²) in [6.45, 7) is 7.96. The van der Waals surface area contributed by atoms with E-state index in [1.54, 1.807) is 17.4 Å². The molecule has 2 heterocycles. The lowest BCUT2D eigenvalue weighted by Crippen LogP contribution is -2.35. The van der Waals surface area contributed by atoms with Crippen LogP contribution in [0, 0.1) is 27.7 Å². The van der Waals surface area contributed by atoms with Gasteiger partial charge in [0.25, 0.3) is 0 Å². The van der Waals surface area contributed by atoms with Gasteiger partial charge in [-0.25, -0.2) is 14.8 Å². The third kappa shape index (κ3) is 4.28. The fourth-order valence-corrected chi connectivity index (χ4v) is 4.51. The molecule has 0 spiro atoms. The van der Waals surface area contributed by atoms with E-state index < -0.39 is 6.03 Å². The van der Waals surface area contributed by atoms with Gasteiger partial charge in [0.1, 0.15) is 16.2 Å². The van der Waals surface area contributed by atoms with E-state index in [0.717, 1.165) is 31.9 Å². The molecule has 1 aromatic carbocycles. The van der Waals surface area contributed by atoms with Gasteiger partial charge in [0.15, 0.2) is 0 Å². The number of fused-ring (bicyclic) bond motifs is 1. The minimum Gasteiger partial charge on any atom is -0.307 e. The topological polar surface area (TPSA) is 84.0 Å². The van der Waals surface area contributed by atoms with Crippen molar-refractivity contribution >= 4 is 50.9 Å². The minimum atomic E-state index is -0.537. The van der Waals surface area contributed by atoms with Crippen molar-refractivity contribution in [1.29, 1.82) is 0 Å². The second-order valence-corrected chi connectivity index (χ2v) is 8.35. The number of hydrogen-bond acceptors (Lipinski definition) is 6. The van der Waals surface area contributed by atoms with Crippen LogP contribution in [0.1, 0.15) is 21.6 Å². The number of thioether (sulfide) groups is 1. The molecule has 0 saturated heterocycles. The summed E-state index contributed by atoms with van der Waals surface area (Å²) in [5.41, 5.74) is 3.87. The quantitative estimate of drug-likeness (QED) is 0.502. The van der Waals surface area contributed by atoms with Crippen molar-refractivity contribution in [2.45, 2.75) is 32.7 Å². The number of imide groups is 1. The van der Waals surface area contributed by atoms with Crippen LogP contribution in [0.25, 0.3) is 10.2 Å². The van der Waals surface area contributed by atoms with Gasteiger partial charge in [0, 0.05) is 16.0 Å². The summed E-state index contributed by atoms with van der Waals surface area (Å²) in [6, 6.07) is 5.10. The van der Waals surface area contributed by atoms with Gasteiger partial charge < -0.3 is 5.32 Å². The van der Waals surface area contributed by atoms with E-state index in [1.165, 1.54) is 23.0 Å². The summed E-state index contributed by atoms with van der Waals surface area (Å²) in [5.74, 6) is -0.278. The number of nitrogens with one attached hydrogen (secondary N) is 2. The molecule has 0 bridgehead atoms. The summed E-state index contributed by atoms with van der Waals surface area (Å²) in [7, 11) is 0. The Bertz CT molecular complexity index is 1030. The molecule has 0 atom stereocenters. The molecule has 3 amide bonds. The Morgan fingerprint density at radius 3 is 2.67 bits per heavy atom. The van der Waals surface area contributed by atoms with Gasteiger partial charge in [-0.05, 0) is 50.5 Å². The highest BCUT2D eigenvalue weighted by Gasteiger charge is 2.15. The lowest BCUT2D eigenvalue weighted by Gasteiger charge is -2.10. The van der Waals surface area contributed by atoms with Gasteiger partial charge in [-0.1, -0.05) is 23.9 Å². The van der Waals surface area contributed by atoms with E-state index in [-0.39, 0.29) is 11.7 Å². The Labute approximate surface area is 165 Å². The number of benzene rings is 1. The second-order valence-electron chi connectivity index (χ2n) is 6.18. The predicted octanol–water partition coefficient (Wildman–Crippen LogP) is 4.37. The summed E-state index contributed by atoms with van der Waals surface area (Å²) in [5, 5.41) is 6.82. The van der Waals surface area contributed by atoms with Crippen LogP contribution in [0.15, 0.2) is 29.6 Å². The van der Waals surface area contributed by atoms with Crippen molar-refractivity contribution in [3.63, 3.8) is 0 Å². The normalized spacial score (nSPS) is 10.8. The molecule has 0 aliphatic carbocycles. The maximum Gasteiger partial charge on any atom is 0.325 e. The van der Waals surface area contributed by atoms with E-state index in [0.29, 0.717) is 5.69 Å². The summed E-state index contributed by atoms with van der Waals surface area (Å²) >= 11 is 2.92. The van der Waals surface area contributed by atoms with Crippen molar-refractivity contribution < 1.29 is 9.59 Å². The van der Waals surface area contributed by atoms with Crippen LogP contribution in [0.5, 0.6) is 0 Å². The first-order valence-electron chi connectivity index (χ1n) is 8.37. The van der Waals surface area contributed by atoms with Crippen LogP contribution >= 0.6 is 23.1 Å². The molecule has 0 saturated carbocycles. The maximum absolute atomic E-state index is 12.2. The molecular formula is C19H20N4O2S2. The lowest BCUT2D eigenvalue weighted by molar-refractivity contribution is -0.117. The van der Waals surface area contributed by atoms with Gasteiger partial charge in [-0.3, -0.25) is 10.1 Å². The molecule has 0 aliphatic rings. The minimum absolute atomic E-state index is 0.0979. The van der Waals surface area contributed by atoms with Crippen molar-refractivity contribution in [2.24, 2.45) is 0 Å². The average molecular weight is 401 g/mol. The Morgan fingerprint density at radius 2 is 1.89 bits per heavy atom. The average Bonchev–Trinajstić information content (AvgIpc) is 2.92. The number of urea groups is 1. The molecule has 3 rings (SSSR count). The Balaban J connectivity index is 1.62. The van der Waals surface area contributed by atoms with Crippen LogP contribution < -0.4 is 10.6 Å². The van der Waals surface area contributed by atoms with E-state index in [2.05, 4.69) is 20.6 Å². The third-order valence-electron chi connectivity index (χ3n) is 4.38. The highest BCUT2D eigenvalue weighted by molar-refractivity contribution is 8.00. The molecule has 8 heteroatoms. The molecule has 0 radical (unpaired) electrons. The standard InChI is InChI=1S/C19H20N4O2S2/c1-10-6-5-7-14(11(10)2)22-19(25)23-15(24)8-26-17-16-12(3)13(4)27-18(16)21-9-20-17/h5-7,9H,8H2,1-4H3,(H2,22,23,24,25).